The zero-order valence-electron chi connectivity index (χ0n) is 8.84. The average Bonchev–Trinajstić information content (AvgIpc) is 2.72. The third kappa shape index (κ3) is 1.89. The molecule has 0 fully saturated rings. The number of halogens is 1. The van der Waals surface area contributed by atoms with Crippen molar-refractivity contribution in [3.8, 4) is 11.4 Å². The van der Waals surface area contributed by atoms with Gasteiger partial charge in [-0.25, -0.2) is 9.50 Å². The fourth-order valence-electron chi connectivity index (χ4n) is 1.66. The SMILES string of the molecule is Nc1cccc(-c2nc3ccc(Br)cn3n2)c1. The molecule has 0 saturated carbocycles. The third-order valence-electron chi connectivity index (χ3n) is 2.44. The lowest BCUT2D eigenvalue weighted by atomic mass is 10.2. The van der Waals surface area contributed by atoms with Crippen LogP contribution in [0.5, 0.6) is 0 Å². The van der Waals surface area contributed by atoms with E-state index in [1.54, 1.807) is 4.52 Å². The number of hydrogen-bond donors (Lipinski definition) is 1. The van der Waals surface area contributed by atoms with Gasteiger partial charge in [-0.15, -0.1) is 5.10 Å². The van der Waals surface area contributed by atoms with Gasteiger partial charge in [0.2, 0.25) is 0 Å². The van der Waals surface area contributed by atoms with Crippen LogP contribution < -0.4 is 5.73 Å². The van der Waals surface area contributed by atoms with E-state index in [2.05, 4.69) is 26.0 Å². The van der Waals surface area contributed by atoms with Gasteiger partial charge in [-0.05, 0) is 40.2 Å². The molecule has 2 aromatic heterocycles. The van der Waals surface area contributed by atoms with Gasteiger partial charge in [0, 0.05) is 21.9 Å². The number of nitrogens with two attached hydrogens (primary N) is 1. The molecule has 0 atom stereocenters. The lowest BCUT2D eigenvalue weighted by Gasteiger charge is -1.95. The molecule has 0 aliphatic carbocycles. The molecule has 0 aliphatic heterocycles. The number of benzene rings is 1. The van der Waals surface area contributed by atoms with Crippen LogP contribution in [-0.2, 0) is 0 Å². The predicted molar refractivity (Wildman–Crippen MR) is 70.5 cm³/mol. The Morgan fingerprint density at radius 2 is 2.06 bits per heavy atom. The van der Waals surface area contributed by atoms with Crippen molar-refractivity contribution in [3.63, 3.8) is 0 Å². The summed E-state index contributed by atoms with van der Waals surface area (Å²) in [6.07, 6.45) is 1.87. The summed E-state index contributed by atoms with van der Waals surface area (Å²) in [5.74, 6) is 0.676. The zero-order valence-corrected chi connectivity index (χ0v) is 10.4. The van der Waals surface area contributed by atoms with Crippen LogP contribution in [0, 0.1) is 0 Å². The van der Waals surface area contributed by atoms with E-state index < -0.39 is 0 Å². The second-order valence-corrected chi connectivity index (χ2v) is 4.63. The summed E-state index contributed by atoms with van der Waals surface area (Å²) in [5, 5.41) is 4.40. The summed E-state index contributed by atoms with van der Waals surface area (Å²) >= 11 is 3.40. The van der Waals surface area contributed by atoms with E-state index in [0.29, 0.717) is 11.5 Å². The summed E-state index contributed by atoms with van der Waals surface area (Å²) in [4.78, 5) is 4.44. The molecule has 0 radical (unpaired) electrons. The van der Waals surface area contributed by atoms with Crippen molar-refractivity contribution >= 4 is 27.3 Å². The summed E-state index contributed by atoms with van der Waals surface area (Å²) in [6, 6.07) is 11.4. The number of pyridine rings is 1. The topological polar surface area (TPSA) is 56.2 Å². The third-order valence-corrected chi connectivity index (χ3v) is 2.91. The maximum atomic E-state index is 5.74. The van der Waals surface area contributed by atoms with Gasteiger partial charge in [0.25, 0.3) is 0 Å². The minimum Gasteiger partial charge on any atom is -0.399 e. The summed E-state index contributed by atoms with van der Waals surface area (Å²) in [6.45, 7) is 0. The first-order valence-electron chi connectivity index (χ1n) is 5.10. The highest BCUT2D eigenvalue weighted by Gasteiger charge is 2.06. The van der Waals surface area contributed by atoms with Gasteiger partial charge in [0.1, 0.15) is 0 Å². The largest absolute Gasteiger partial charge is 0.399 e. The second kappa shape index (κ2) is 3.85. The Balaban J connectivity index is 2.18. The molecule has 17 heavy (non-hydrogen) atoms. The van der Waals surface area contributed by atoms with Crippen molar-refractivity contribution in [2.24, 2.45) is 0 Å². The Kier molecular flexibility index (Phi) is 2.33. The molecule has 0 spiro atoms. The fraction of sp³-hybridized carbons (Fsp3) is 0. The molecule has 0 saturated heterocycles. The van der Waals surface area contributed by atoms with Crippen LogP contribution in [0.4, 0.5) is 5.69 Å². The maximum absolute atomic E-state index is 5.74. The van der Waals surface area contributed by atoms with Gasteiger partial charge in [-0.3, -0.25) is 0 Å². The molecular weight excluding hydrogens is 280 g/mol. The van der Waals surface area contributed by atoms with Crippen molar-refractivity contribution in [1.82, 2.24) is 14.6 Å². The number of nitrogens with zero attached hydrogens (tertiary/aromatic N) is 3. The van der Waals surface area contributed by atoms with E-state index in [1.165, 1.54) is 0 Å². The van der Waals surface area contributed by atoms with Crippen molar-refractivity contribution in [2.75, 3.05) is 5.73 Å². The number of aromatic nitrogens is 3. The average molecular weight is 289 g/mol. The Morgan fingerprint density at radius 1 is 1.18 bits per heavy atom. The van der Waals surface area contributed by atoms with E-state index in [0.717, 1.165) is 15.7 Å². The Bertz CT molecular complexity index is 690. The fourth-order valence-corrected chi connectivity index (χ4v) is 1.98. The molecule has 2 N–H and O–H groups in total. The quantitative estimate of drug-likeness (QED) is 0.701. The van der Waals surface area contributed by atoms with Gasteiger partial charge in [-0.1, -0.05) is 12.1 Å². The molecule has 0 aliphatic rings. The van der Waals surface area contributed by atoms with Crippen LogP contribution in [0.1, 0.15) is 0 Å². The predicted octanol–water partition coefficient (Wildman–Crippen LogP) is 2.74. The molecule has 84 valence electrons. The summed E-state index contributed by atoms with van der Waals surface area (Å²) < 4.78 is 2.71. The van der Waals surface area contributed by atoms with Gasteiger partial charge in [0.15, 0.2) is 11.5 Å². The maximum Gasteiger partial charge on any atom is 0.182 e. The smallest absolute Gasteiger partial charge is 0.182 e. The number of nitrogen functional groups attached to an aromatic ring is 1. The number of hydrogen-bond acceptors (Lipinski definition) is 3. The molecule has 3 rings (SSSR count). The second-order valence-electron chi connectivity index (χ2n) is 3.71. The van der Waals surface area contributed by atoms with Gasteiger partial charge < -0.3 is 5.73 Å². The minimum absolute atomic E-state index is 0.676. The lowest BCUT2D eigenvalue weighted by molar-refractivity contribution is 0.961. The Morgan fingerprint density at radius 3 is 2.88 bits per heavy atom. The highest BCUT2D eigenvalue weighted by Crippen LogP contribution is 2.19. The highest BCUT2D eigenvalue weighted by molar-refractivity contribution is 9.10. The first-order valence-corrected chi connectivity index (χ1v) is 5.89. The number of anilines is 1. The molecule has 1 aromatic carbocycles. The first-order chi connectivity index (χ1) is 8.22. The number of rotatable bonds is 1. The van der Waals surface area contributed by atoms with Crippen molar-refractivity contribution in [3.05, 3.63) is 47.1 Å². The van der Waals surface area contributed by atoms with E-state index >= 15 is 0 Å². The molecule has 4 nitrogen and oxygen atoms in total. The van der Waals surface area contributed by atoms with E-state index in [-0.39, 0.29) is 0 Å². The standard InChI is InChI=1S/C12H9BrN4/c13-9-4-5-11-15-12(16-17(11)7-9)8-2-1-3-10(14)6-8/h1-7H,14H2. The van der Waals surface area contributed by atoms with Crippen LogP contribution >= 0.6 is 15.9 Å². The molecule has 3 aromatic rings. The summed E-state index contributed by atoms with van der Waals surface area (Å²) in [7, 11) is 0. The van der Waals surface area contributed by atoms with E-state index in [9.17, 15) is 0 Å². The van der Waals surface area contributed by atoms with Gasteiger partial charge in [0.05, 0.1) is 0 Å². The molecular formula is C12H9BrN4. The lowest BCUT2D eigenvalue weighted by Crippen LogP contribution is -1.88. The Hall–Kier alpha value is -1.88. The van der Waals surface area contributed by atoms with Gasteiger partial charge in [-0.2, -0.15) is 0 Å². The van der Waals surface area contributed by atoms with Crippen molar-refractivity contribution in [2.45, 2.75) is 0 Å². The van der Waals surface area contributed by atoms with E-state index in [1.807, 2.05) is 42.6 Å². The van der Waals surface area contributed by atoms with Crippen LogP contribution in [0.3, 0.4) is 0 Å². The highest BCUT2D eigenvalue weighted by atomic mass is 79.9. The summed E-state index contributed by atoms with van der Waals surface area (Å²) in [5.41, 5.74) is 8.19. The molecule has 0 bridgehead atoms. The zero-order chi connectivity index (χ0) is 11.8. The van der Waals surface area contributed by atoms with Crippen LogP contribution in [0.2, 0.25) is 0 Å². The Labute approximate surface area is 106 Å². The van der Waals surface area contributed by atoms with Crippen LogP contribution in [0.25, 0.3) is 17.0 Å². The molecule has 0 amide bonds. The van der Waals surface area contributed by atoms with Crippen LogP contribution in [-0.4, -0.2) is 14.6 Å². The van der Waals surface area contributed by atoms with Gasteiger partial charge >= 0.3 is 0 Å². The minimum atomic E-state index is 0.676. The van der Waals surface area contributed by atoms with Crippen LogP contribution in [0.15, 0.2) is 47.1 Å². The van der Waals surface area contributed by atoms with Crippen molar-refractivity contribution < 1.29 is 0 Å². The monoisotopic (exact) mass is 288 g/mol. The normalized spacial score (nSPS) is 10.9. The first kappa shape index (κ1) is 10.3. The number of fused-ring (bicyclic) bond motifs is 1. The molecule has 5 heteroatoms. The van der Waals surface area contributed by atoms with E-state index in [4.69, 9.17) is 5.73 Å². The van der Waals surface area contributed by atoms with Crippen molar-refractivity contribution in [1.29, 1.82) is 0 Å². The molecule has 2 heterocycles. The molecule has 0 unspecified atom stereocenters.